The summed E-state index contributed by atoms with van der Waals surface area (Å²) >= 11 is 0. The van der Waals surface area contributed by atoms with Crippen molar-refractivity contribution in [1.82, 2.24) is 9.78 Å². The zero-order valence-corrected chi connectivity index (χ0v) is 19.0. The molecule has 0 saturated carbocycles. The molecule has 2 aromatic carbocycles. The molecule has 0 aliphatic carbocycles. The second kappa shape index (κ2) is 7.77. The number of aromatic nitrogens is 2. The Morgan fingerprint density at radius 1 is 0.900 bits per heavy atom. The van der Waals surface area contributed by atoms with Crippen LogP contribution in [-0.2, 0) is 20.0 Å². The molecule has 0 aliphatic heterocycles. The highest BCUT2D eigenvalue weighted by molar-refractivity contribution is 7.93. The lowest BCUT2D eigenvalue weighted by molar-refractivity contribution is 0.599. The van der Waals surface area contributed by atoms with E-state index in [0.29, 0.717) is 22.4 Å². The second-order valence-corrected chi connectivity index (χ2v) is 10.6. The van der Waals surface area contributed by atoms with Gasteiger partial charge < -0.3 is 0 Å². The zero-order valence-electron chi connectivity index (χ0n) is 17.4. The topological polar surface area (TPSA) is 110 Å². The molecule has 3 rings (SSSR count). The average molecular weight is 449 g/mol. The van der Waals surface area contributed by atoms with E-state index in [1.165, 1.54) is 0 Å². The van der Waals surface area contributed by atoms with Gasteiger partial charge in [-0.1, -0.05) is 12.1 Å². The lowest BCUT2D eigenvalue weighted by atomic mass is 10.1. The highest BCUT2D eigenvalue weighted by Gasteiger charge is 2.24. The number of hydrogen-bond acceptors (Lipinski definition) is 5. The number of hydrogen-bond donors (Lipinski definition) is 2. The lowest BCUT2D eigenvalue weighted by Crippen LogP contribution is -2.19. The molecule has 0 radical (unpaired) electrons. The van der Waals surface area contributed by atoms with Crippen LogP contribution in [0.5, 0.6) is 0 Å². The fourth-order valence-electron chi connectivity index (χ4n) is 3.47. The molecule has 0 atom stereocenters. The van der Waals surface area contributed by atoms with E-state index in [0.717, 1.165) is 17.6 Å². The summed E-state index contributed by atoms with van der Waals surface area (Å²) < 4.78 is 56.7. The first kappa shape index (κ1) is 21.8. The molecule has 2 N–H and O–H groups in total. The Balaban J connectivity index is 2.05. The fourth-order valence-corrected chi connectivity index (χ4v) is 5.68. The van der Waals surface area contributed by atoms with Crippen LogP contribution in [0, 0.1) is 27.7 Å². The molecule has 3 aromatic rings. The van der Waals surface area contributed by atoms with Crippen LogP contribution in [0.1, 0.15) is 22.4 Å². The molecule has 1 heterocycles. The summed E-state index contributed by atoms with van der Waals surface area (Å²) in [5.41, 5.74) is 3.78. The SMILES string of the molecule is Cc1cc(C)c(S(=O)(=O)Nc2cccc(-n3nccc3C)c2)c(C)c1NS(C)(=O)=O. The van der Waals surface area contributed by atoms with Crippen LogP contribution in [0.25, 0.3) is 5.69 Å². The van der Waals surface area contributed by atoms with Gasteiger partial charge in [-0.15, -0.1) is 0 Å². The monoisotopic (exact) mass is 448 g/mol. The normalized spacial score (nSPS) is 12.0. The second-order valence-electron chi connectivity index (χ2n) is 7.25. The minimum Gasteiger partial charge on any atom is -0.283 e. The summed E-state index contributed by atoms with van der Waals surface area (Å²) in [7, 11) is -7.55. The van der Waals surface area contributed by atoms with Gasteiger partial charge in [0.1, 0.15) is 0 Å². The summed E-state index contributed by atoms with van der Waals surface area (Å²) in [6.45, 7) is 6.90. The molecular formula is C20H24N4O4S2. The largest absolute Gasteiger partial charge is 0.283 e. The molecule has 0 amide bonds. The van der Waals surface area contributed by atoms with Crippen molar-refractivity contribution < 1.29 is 16.8 Å². The maximum absolute atomic E-state index is 13.2. The number of nitrogens with zero attached hydrogens (tertiary/aromatic N) is 2. The lowest BCUT2D eigenvalue weighted by Gasteiger charge is -2.19. The van der Waals surface area contributed by atoms with E-state index in [2.05, 4.69) is 14.5 Å². The van der Waals surface area contributed by atoms with Crippen molar-refractivity contribution in [3.8, 4) is 5.69 Å². The quantitative estimate of drug-likeness (QED) is 0.601. The van der Waals surface area contributed by atoms with Gasteiger partial charge in [-0.25, -0.2) is 21.5 Å². The van der Waals surface area contributed by atoms with Crippen molar-refractivity contribution in [3.63, 3.8) is 0 Å². The summed E-state index contributed by atoms with van der Waals surface area (Å²) in [5, 5.41) is 4.24. The number of anilines is 2. The molecule has 0 aliphatic rings. The van der Waals surface area contributed by atoms with Gasteiger partial charge in [0.05, 0.1) is 28.2 Å². The Morgan fingerprint density at radius 2 is 1.60 bits per heavy atom. The van der Waals surface area contributed by atoms with Crippen LogP contribution in [-0.4, -0.2) is 32.9 Å². The summed E-state index contributed by atoms with van der Waals surface area (Å²) in [5.74, 6) is 0. The van der Waals surface area contributed by atoms with Crippen molar-refractivity contribution in [2.75, 3.05) is 15.7 Å². The third kappa shape index (κ3) is 4.49. The minimum absolute atomic E-state index is 0.0416. The Labute approximate surface area is 177 Å². The van der Waals surface area contributed by atoms with Crippen molar-refractivity contribution in [2.45, 2.75) is 32.6 Å². The molecule has 8 nitrogen and oxygen atoms in total. The summed E-state index contributed by atoms with van der Waals surface area (Å²) in [6.07, 6.45) is 2.70. The molecule has 10 heteroatoms. The molecule has 160 valence electrons. The first-order valence-electron chi connectivity index (χ1n) is 9.11. The molecular weight excluding hydrogens is 424 g/mol. The van der Waals surface area contributed by atoms with E-state index < -0.39 is 20.0 Å². The van der Waals surface area contributed by atoms with Gasteiger partial charge in [-0.2, -0.15) is 5.10 Å². The molecule has 0 bridgehead atoms. The smallest absolute Gasteiger partial charge is 0.262 e. The van der Waals surface area contributed by atoms with Crippen LogP contribution >= 0.6 is 0 Å². The van der Waals surface area contributed by atoms with E-state index in [9.17, 15) is 16.8 Å². The number of nitrogens with one attached hydrogen (secondary N) is 2. The highest BCUT2D eigenvalue weighted by atomic mass is 32.2. The zero-order chi connectivity index (χ0) is 22.3. The maximum atomic E-state index is 13.2. The van der Waals surface area contributed by atoms with E-state index in [1.807, 2.05) is 19.1 Å². The number of aryl methyl sites for hydroxylation is 3. The van der Waals surface area contributed by atoms with Crippen LogP contribution in [0.2, 0.25) is 0 Å². The summed E-state index contributed by atoms with van der Waals surface area (Å²) in [4.78, 5) is 0.0416. The average Bonchev–Trinajstić information content (AvgIpc) is 3.03. The standard InChI is InChI=1S/C20H24N4O4S2/c1-13-11-14(2)20(16(4)19(13)23-29(5,25)26)30(27,28)22-17-7-6-8-18(12-17)24-15(3)9-10-21-24/h6-12,22-23H,1-5H3. The molecule has 1 aromatic heterocycles. The number of benzene rings is 2. The predicted molar refractivity (Wildman–Crippen MR) is 118 cm³/mol. The van der Waals surface area contributed by atoms with E-state index >= 15 is 0 Å². The van der Waals surface area contributed by atoms with Crippen molar-refractivity contribution in [2.24, 2.45) is 0 Å². The van der Waals surface area contributed by atoms with Gasteiger partial charge >= 0.3 is 0 Å². The van der Waals surface area contributed by atoms with Gasteiger partial charge in [0.15, 0.2) is 0 Å². The fraction of sp³-hybridized carbons (Fsp3) is 0.250. The van der Waals surface area contributed by atoms with Crippen LogP contribution in [0.4, 0.5) is 11.4 Å². The van der Waals surface area contributed by atoms with E-state index in [1.54, 1.807) is 55.9 Å². The minimum atomic E-state index is -3.98. The molecule has 30 heavy (non-hydrogen) atoms. The van der Waals surface area contributed by atoms with Gasteiger partial charge in [0.25, 0.3) is 10.0 Å². The van der Waals surface area contributed by atoms with E-state index in [4.69, 9.17) is 0 Å². The molecule has 0 fully saturated rings. The van der Waals surface area contributed by atoms with Gasteiger partial charge in [0.2, 0.25) is 10.0 Å². The van der Waals surface area contributed by atoms with Crippen molar-refractivity contribution >= 4 is 31.4 Å². The Kier molecular flexibility index (Phi) is 5.66. The Morgan fingerprint density at radius 3 is 2.20 bits per heavy atom. The number of sulfonamides is 2. The molecule has 0 spiro atoms. The molecule has 0 saturated heterocycles. The van der Waals surface area contributed by atoms with Crippen molar-refractivity contribution in [3.05, 3.63) is 65.0 Å². The first-order valence-corrected chi connectivity index (χ1v) is 12.5. The molecule has 0 unspecified atom stereocenters. The van der Waals surface area contributed by atoms with Crippen molar-refractivity contribution in [1.29, 1.82) is 0 Å². The van der Waals surface area contributed by atoms with Gasteiger partial charge in [0, 0.05) is 11.9 Å². The van der Waals surface area contributed by atoms with Crippen LogP contribution < -0.4 is 9.44 Å². The number of rotatable bonds is 6. The first-order chi connectivity index (χ1) is 13.9. The van der Waals surface area contributed by atoms with Gasteiger partial charge in [-0.3, -0.25) is 9.44 Å². The third-order valence-corrected chi connectivity index (χ3v) is 6.88. The summed E-state index contributed by atoms with van der Waals surface area (Å²) in [6, 6.07) is 10.4. The van der Waals surface area contributed by atoms with Gasteiger partial charge in [-0.05, 0) is 68.7 Å². The highest BCUT2D eigenvalue weighted by Crippen LogP contribution is 2.32. The third-order valence-electron chi connectivity index (χ3n) is 4.63. The Hall–Kier alpha value is -2.85. The maximum Gasteiger partial charge on any atom is 0.262 e. The Bertz CT molecular complexity index is 1330. The predicted octanol–water partition coefficient (Wildman–Crippen LogP) is 3.28. The van der Waals surface area contributed by atoms with E-state index in [-0.39, 0.29) is 10.6 Å². The van der Waals surface area contributed by atoms with Crippen LogP contribution in [0.15, 0.2) is 47.5 Å². The van der Waals surface area contributed by atoms with Crippen LogP contribution in [0.3, 0.4) is 0 Å².